The second-order valence-electron chi connectivity index (χ2n) is 4.65. The van der Waals surface area contributed by atoms with E-state index in [1.807, 2.05) is 30.3 Å². The maximum absolute atomic E-state index is 5.78. The molecule has 0 spiro atoms. The third kappa shape index (κ3) is 5.33. The molecule has 0 radical (unpaired) electrons. The van der Waals surface area contributed by atoms with Crippen molar-refractivity contribution in [3.05, 3.63) is 36.2 Å². The first-order chi connectivity index (χ1) is 11.1. The Morgan fingerprint density at radius 3 is 2.52 bits per heavy atom. The minimum absolute atomic E-state index is 0.197. The van der Waals surface area contributed by atoms with E-state index in [2.05, 4.69) is 39.0 Å². The van der Waals surface area contributed by atoms with Crippen LogP contribution in [0.3, 0.4) is 0 Å². The molecule has 0 aliphatic rings. The number of thioether (sulfide) groups is 1. The van der Waals surface area contributed by atoms with E-state index in [4.69, 9.17) is 18.0 Å². The molecule has 122 valence electrons. The van der Waals surface area contributed by atoms with Gasteiger partial charge in [-0.05, 0) is 26.0 Å². The summed E-state index contributed by atoms with van der Waals surface area (Å²) in [6.45, 7) is 5.95. The molecule has 0 saturated carbocycles. The molecular weight excluding hydrogens is 328 g/mol. The van der Waals surface area contributed by atoms with Gasteiger partial charge in [0.1, 0.15) is 10.1 Å². The quantitative estimate of drug-likeness (QED) is 0.771. The Kier molecular flexibility index (Phi) is 6.54. The van der Waals surface area contributed by atoms with Crippen molar-refractivity contribution in [3.63, 3.8) is 0 Å². The van der Waals surface area contributed by atoms with Crippen molar-refractivity contribution in [2.75, 3.05) is 24.1 Å². The molecule has 0 unspecified atom stereocenters. The van der Waals surface area contributed by atoms with Crippen molar-refractivity contribution in [1.29, 1.82) is 0 Å². The molecule has 0 saturated heterocycles. The Morgan fingerprint density at radius 1 is 1.17 bits per heavy atom. The number of para-hydroxylation sites is 1. The maximum atomic E-state index is 5.78. The molecule has 0 fully saturated rings. The first-order valence-electron chi connectivity index (χ1n) is 7.36. The van der Waals surface area contributed by atoms with Crippen molar-refractivity contribution < 1.29 is 0 Å². The monoisotopic (exact) mass is 348 g/mol. The maximum Gasteiger partial charge on any atom is 0.232 e. The molecule has 6 nitrogen and oxygen atoms in total. The lowest BCUT2D eigenvalue weighted by molar-refractivity contribution is 0.482. The third-order valence-corrected chi connectivity index (χ3v) is 4.59. The van der Waals surface area contributed by atoms with Gasteiger partial charge < -0.3 is 16.0 Å². The standard InChI is InChI=1S/C15H20N6S2/c1-3-21(4-2)15(22)23-10-12-18-13(16)20-14(19-12)17-11-8-6-5-7-9-11/h5-9H,3-4,10H2,1-2H3,(H3,16,17,18,19,20). The van der Waals surface area contributed by atoms with Gasteiger partial charge in [0, 0.05) is 18.8 Å². The van der Waals surface area contributed by atoms with Crippen LogP contribution in [0.5, 0.6) is 0 Å². The molecule has 2 rings (SSSR count). The van der Waals surface area contributed by atoms with Gasteiger partial charge in [-0.15, -0.1) is 0 Å². The molecule has 0 aliphatic carbocycles. The van der Waals surface area contributed by atoms with Crippen LogP contribution < -0.4 is 11.1 Å². The Morgan fingerprint density at radius 2 is 1.87 bits per heavy atom. The Balaban J connectivity index is 2.04. The summed E-state index contributed by atoms with van der Waals surface area (Å²) in [6, 6.07) is 9.69. The van der Waals surface area contributed by atoms with Gasteiger partial charge in [0.05, 0.1) is 5.75 Å². The third-order valence-electron chi connectivity index (χ3n) is 3.08. The van der Waals surface area contributed by atoms with Crippen LogP contribution in [0.1, 0.15) is 19.7 Å². The SMILES string of the molecule is CCN(CC)C(=S)SCc1nc(N)nc(Nc2ccccc2)n1. The zero-order valence-electron chi connectivity index (χ0n) is 13.2. The number of rotatable bonds is 6. The van der Waals surface area contributed by atoms with Crippen LogP contribution >= 0.6 is 24.0 Å². The Bertz CT molecular complexity index is 646. The van der Waals surface area contributed by atoms with Gasteiger partial charge in [0.25, 0.3) is 0 Å². The molecular formula is C15H20N6S2. The zero-order valence-corrected chi connectivity index (χ0v) is 14.8. The van der Waals surface area contributed by atoms with Gasteiger partial charge in [-0.1, -0.05) is 42.2 Å². The molecule has 2 aromatic rings. The topological polar surface area (TPSA) is 80.0 Å². The van der Waals surface area contributed by atoms with Crippen molar-refractivity contribution in [3.8, 4) is 0 Å². The first kappa shape index (κ1) is 17.4. The van der Waals surface area contributed by atoms with Crippen LogP contribution in [0.15, 0.2) is 30.3 Å². The molecule has 1 aromatic heterocycles. The van der Waals surface area contributed by atoms with Gasteiger partial charge in [-0.2, -0.15) is 15.0 Å². The van der Waals surface area contributed by atoms with Crippen molar-refractivity contribution in [2.45, 2.75) is 19.6 Å². The van der Waals surface area contributed by atoms with Gasteiger partial charge >= 0.3 is 0 Å². The summed E-state index contributed by atoms with van der Waals surface area (Å²) in [5.74, 6) is 1.80. The second kappa shape index (κ2) is 8.64. The second-order valence-corrected chi connectivity index (χ2v) is 6.26. The number of nitrogens with two attached hydrogens (primary N) is 1. The zero-order chi connectivity index (χ0) is 16.7. The average molecular weight is 349 g/mol. The van der Waals surface area contributed by atoms with Gasteiger partial charge in [-0.3, -0.25) is 0 Å². The summed E-state index contributed by atoms with van der Waals surface area (Å²) >= 11 is 6.95. The van der Waals surface area contributed by atoms with Crippen LogP contribution in [0, 0.1) is 0 Å². The van der Waals surface area contributed by atoms with Crippen LogP contribution in [0.4, 0.5) is 17.6 Å². The number of nitrogens with zero attached hydrogens (tertiary/aromatic N) is 4. The van der Waals surface area contributed by atoms with E-state index in [0.717, 1.165) is 23.1 Å². The summed E-state index contributed by atoms with van der Waals surface area (Å²) in [4.78, 5) is 14.8. The number of anilines is 3. The van der Waals surface area contributed by atoms with Crippen LogP contribution in [0.25, 0.3) is 0 Å². The predicted octanol–water partition coefficient (Wildman–Crippen LogP) is 3.06. The molecule has 3 N–H and O–H groups in total. The number of benzene rings is 1. The number of hydrogen-bond acceptors (Lipinski definition) is 7. The van der Waals surface area contributed by atoms with Crippen molar-refractivity contribution in [2.24, 2.45) is 0 Å². The van der Waals surface area contributed by atoms with E-state index < -0.39 is 0 Å². The van der Waals surface area contributed by atoms with E-state index in [1.165, 1.54) is 11.8 Å². The summed E-state index contributed by atoms with van der Waals surface area (Å²) < 4.78 is 0.839. The highest BCUT2D eigenvalue weighted by molar-refractivity contribution is 8.22. The van der Waals surface area contributed by atoms with Crippen LogP contribution in [-0.4, -0.2) is 37.3 Å². The van der Waals surface area contributed by atoms with E-state index in [0.29, 0.717) is 17.5 Å². The van der Waals surface area contributed by atoms with Gasteiger partial charge in [-0.25, -0.2) is 0 Å². The fraction of sp³-hybridized carbons (Fsp3) is 0.333. The van der Waals surface area contributed by atoms with E-state index in [-0.39, 0.29) is 5.95 Å². The lowest BCUT2D eigenvalue weighted by atomic mass is 10.3. The smallest absolute Gasteiger partial charge is 0.232 e. The van der Waals surface area contributed by atoms with E-state index in [1.54, 1.807) is 0 Å². The highest BCUT2D eigenvalue weighted by Gasteiger charge is 2.10. The molecule has 1 heterocycles. The number of aromatic nitrogens is 3. The summed E-state index contributed by atoms with van der Waals surface area (Å²) in [6.07, 6.45) is 0. The normalized spacial score (nSPS) is 10.3. The minimum Gasteiger partial charge on any atom is -0.368 e. The summed E-state index contributed by atoms with van der Waals surface area (Å²) in [5.41, 5.74) is 6.68. The highest BCUT2D eigenvalue weighted by Crippen LogP contribution is 2.17. The number of thiocarbonyl (C=S) groups is 1. The molecule has 0 bridgehead atoms. The molecule has 1 aromatic carbocycles. The molecule has 23 heavy (non-hydrogen) atoms. The number of nitrogens with one attached hydrogen (secondary N) is 1. The lowest BCUT2D eigenvalue weighted by Crippen LogP contribution is -2.26. The number of hydrogen-bond donors (Lipinski definition) is 2. The minimum atomic E-state index is 0.197. The summed E-state index contributed by atoms with van der Waals surface area (Å²) in [5, 5.41) is 3.12. The summed E-state index contributed by atoms with van der Waals surface area (Å²) in [7, 11) is 0. The average Bonchev–Trinajstić information content (AvgIpc) is 2.54. The highest BCUT2D eigenvalue weighted by atomic mass is 32.2. The lowest BCUT2D eigenvalue weighted by Gasteiger charge is -2.20. The van der Waals surface area contributed by atoms with E-state index >= 15 is 0 Å². The van der Waals surface area contributed by atoms with Gasteiger partial charge in [0.15, 0.2) is 0 Å². The first-order valence-corrected chi connectivity index (χ1v) is 8.76. The molecule has 8 heteroatoms. The van der Waals surface area contributed by atoms with Crippen LogP contribution in [-0.2, 0) is 5.75 Å². The largest absolute Gasteiger partial charge is 0.368 e. The van der Waals surface area contributed by atoms with Crippen molar-refractivity contribution in [1.82, 2.24) is 19.9 Å². The van der Waals surface area contributed by atoms with Crippen LogP contribution in [0.2, 0.25) is 0 Å². The molecule has 0 atom stereocenters. The predicted molar refractivity (Wildman–Crippen MR) is 101 cm³/mol. The van der Waals surface area contributed by atoms with E-state index in [9.17, 15) is 0 Å². The molecule has 0 amide bonds. The fourth-order valence-electron chi connectivity index (χ4n) is 1.91. The van der Waals surface area contributed by atoms with Crippen molar-refractivity contribution >= 4 is 45.9 Å². The molecule has 0 aliphatic heterocycles. The van der Waals surface area contributed by atoms with Gasteiger partial charge in [0.2, 0.25) is 11.9 Å². The fourth-order valence-corrected chi connectivity index (χ4v) is 3.17. The Labute approximate surface area is 145 Å². The number of nitrogen functional groups attached to an aromatic ring is 1. The Hall–Kier alpha value is -1.93.